The van der Waals surface area contributed by atoms with Crippen molar-refractivity contribution in [1.29, 1.82) is 0 Å². The molecule has 0 spiro atoms. The predicted molar refractivity (Wildman–Crippen MR) is 83.5 cm³/mol. The smallest absolute Gasteiger partial charge is 0.213 e. The van der Waals surface area contributed by atoms with E-state index in [1.165, 1.54) is 0 Å². The fourth-order valence-electron chi connectivity index (χ4n) is 1.99. The van der Waals surface area contributed by atoms with E-state index in [0.29, 0.717) is 11.7 Å². The van der Waals surface area contributed by atoms with Gasteiger partial charge in [-0.1, -0.05) is 25.4 Å². The van der Waals surface area contributed by atoms with Crippen LogP contribution in [-0.2, 0) is 6.54 Å². The number of hydrogen-bond acceptors (Lipinski definition) is 5. The lowest BCUT2D eigenvalue weighted by atomic mass is 9.86. The van der Waals surface area contributed by atoms with Crippen LogP contribution in [0, 0.1) is 5.41 Å². The van der Waals surface area contributed by atoms with Gasteiger partial charge in [0.2, 0.25) is 5.88 Å². The Bertz CT molecular complexity index is 461. The third kappa shape index (κ3) is 5.99. The van der Waals surface area contributed by atoms with Crippen LogP contribution >= 0.6 is 0 Å². The molecule has 0 amide bonds. The first-order chi connectivity index (χ1) is 9.99. The summed E-state index contributed by atoms with van der Waals surface area (Å²) in [6, 6.07) is 3.89. The maximum Gasteiger partial charge on any atom is 0.213 e. The number of amidine groups is 1. The summed E-state index contributed by atoms with van der Waals surface area (Å²) in [4.78, 5) is 4.07. The van der Waals surface area contributed by atoms with Gasteiger partial charge in [0.25, 0.3) is 0 Å². The average Bonchev–Trinajstić information content (AvgIpc) is 2.50. The van der Waals surface area contributed by atoms with E-state index in [-0.39, 0.29) is 5.41 Å². The molecule has 1 aromatic heterocycles. The van der Waals surface area contributed by atoms with Crippen molar-refractivity contribution >= 4 is 5.84 Å². The molecular weight excluding hydrogens is 268 g/mol. The number of pyridine rings is 1. The first kappa shape index (κ1) is 17.2. The Morgan fingerprint density at radius 3 is 2.90 bits per heavy atom. The van der Waals surface area contributed by atoms with E-state index in [1.54, 1.807) is 13.3 Å². The molecule has 0 radical (unpaired) electrons. The molecule has 4 N–H and O–H groups in total. The molecule has 0 atom stereocenters. The highest BCUT2D eigenvalue weighted by Gasteiger charge is 2.22. The summed E-state index contributed by atoms with van der Waals surface area (Å²) < 4.78 is 5.09. The number of hydrogen-bond donors (Lipinski definition) is 3. The second kappa shape index (κ2) is 8.46. The van der Waals surface area contributed by atoms with Crippen LogP contribution < -0.4 is 15.8 Å². The van der Waals surface area contributed by atoms with E-state index in [2.05, 4.69) is 15.5 Å². The van der Waals surface area contributed by atoms with Crippen molar-refractivity contribution in [2.24, 2.45) is 16.3 Å². The molecule has 21 heavy (non-hydrogen) atoms. The fraction of sp³-hybridized carbons (Fsp3) is 0.600. The molecule has 0 aliphatic rings. The third-order valence-electron chi connectivity index (χ3n) is 3.54. The lowest BCUT2D eigenvalue weighted by molar-refractivity contribution is 0.304. The van der Waals surface area contributed by atoms with Crippen LogP contribution in [0.2, 0.25) is 0 Å². The number of nitrogens with one attached hydrogen (secondary N) is 1. The summed E-state index contributed by atoms with van der Waals surface area (Å²) in [6.07, 6.45) is 4.71. The van der Waals surface area contributed by atoms with Gasteiger partial charge in [0.15, 0.2) is 0 Å². The quantitative estimate of drug-likeness (QED) is 0.213. The van der Waals surface area contributed by atoms with Crippen LogP contribution in [0.3, 0.4) is 0 Å². The Labute approximate surface area is 126 Å². The largest absolute Gasteiger partial charge is 0.481 e. The molecule has 118 valence electrons. The standard InChI is InChI=1S/C15H26N4O2/c1-15(2,14(16)19-20)7-4-5-8-17-11-12-6-9-18-13(10-12)21-3/h6,9-10,17,20H,4-5,7-8,11H2,1-3H3,(H2,16,19). The van der Waals surface area contributed by atoms with E-state index in [9.17, 15) is 0 Å². The molecule has 6 heteroatoms. The summed E-state index contributed by atoms with van der Waals surface area (Å²) in [5.41, 5.74) is 6.56. The van der Waals surface area contributed by atoms with Crippen LogP contribution in [-0.4, -0.2) is 29.7 Å². The number of nitrogens with zero attached hydrogens (tertiary/aromatic N) is 2. The van der Waals surface area contributed by atoms with Crippen molar-refractivity contribution in [3.8, 4) is 5.88 Å². The van der Waals surface area contributed by atoms with Gasteiger partial charge >= 0.3 is 0 Å². The molecule has 0 aliphatic heterocycles. The Balaban J connectivity index is 2.20. The number of methoxy groups -OCH3 is 1. The Morgan fingerprint density at radius 2 is 2.24 bits per heavy atom. The minimum Gasteiger partial charge on any atom is -0.481 e. The van der Waals surface area contributed by atoms with Gasteiger partial charge in [-0.15, -0.1) is 0 Å². The van der Waals surface area contributed by atoms with Gasteiger partial charge < -0.3 is 21.0 Å². The van der Waals surface area contributed by atoms with Gasteiger partial charge in [-0.3, -0.25) is 0 Å². The number of ether oxygens (including phenoxy) is 1. The first-order valence-corrected chi connectivity index (χ1v) is 7.17. The molecule has 1 rings (SSSR count). The van der Waals surface area contributed by atoms with E-state index in [0.717, 1.165) is 37.9 Å². The van der Waals surface area contributed by atoms with Crippen molar-refractivity contribution < 1.29 is 9.94 Å². The zero-order valence-electron chi connectivity index (χ0n) is 13.1. The molecule has 1 aromatic rings. The number of rotatable bonds is 9. The van der Waals surface area contributed by atoms with Gasteiger partial charge in [-0.2, -0.15) is 0 Å². The van der Waals surface area contributed by atoms with Crippen LogP contribution in [0.5, 0.6) is 5.88 Å². The second-order valence-corrected chi connectivity index (χ2v) is 5.71. The second-order valence-electron chi connectivity index (χ2n) is 5.71. The van der Waals surface area contributed by atoms with Crippen molar-refractivity contribution in [2.45, 2.75) is 39.7 Å². The molecule has 0 saturated carbocycles. The highest BCUT2D eigenvalue weighted by Crippen LogP contribution is 2.23. The first-order valence-electron chi connectivity index (χ1n) is 7.17. The van der Waals surface area contributed by atoms with Crippen LogP contribution in [0.4, 0.5) is 0 Å². The van der Waals surface area contributed by atoms with Gasteiger partial charge in [0, 0.05) is 24.2 Å². The number of aromatic nitrogens is 1. The molecule has 1 heterocycles. The van der Waals surface area contributed by atoms with Crippen molar-refractivity contribution in [1.82, 2.24) is 10.3 Å². The van der Waals surface area contributed by atoms with Gasteiger partial charge in [0.05, 0.1) is 7.11 Å². The summed E-state index contributed by atoms with van der Waals surface area (Å²) in [7, 11) is 1.61. The van der Waals surface area contributed by atoms with E-state index in [4.69, 9.17) is 15.7 Å². The Morgan fingerprint density at radius 1 is 1.48 bits per heavy atom. The Hall–Kier alpha value is -1.82. The van der Waals surface area contributed by atoms with Crippen molar-refractivity contribution in [3.05, 3.63) is 23.9 Å². The predicted octanol–water partition coefficient (Wildman–Crippen LogP) is 2.12. The zero-order valence-corrected chi connectivity index (χ0v) is 13.1. The van der Waals surface area contributed by atoms with Gasteiger partial charge in [-0.25, -0.2) is 4.98 Å². The normalized spacial score (nSPS) is 12.4. The number of nitrogens with two attached hydrogens (primary N) is 1. The topological polar surface area (TPSA) is 92.8 Å². The van der Waals surface area contributed by atoms with Crippen molar-refractivity contribution in [3.63, 3.8) is 0 Å². The molecule has 0 fully saturated rings. The highest BCUT2D eigenvalue weighted by atomic mass is 16.5. The van der Waals surface area contributed by atoms with E-state index >= 15 is 0 Å². The minimum absolute atomic E-state index is 0.257. The maximum atomic E-state index is 8.72. The van der Waals surface area contributed by atoms with E-state index < -0.39 is 0 Å². The Kier molecular flexibility index (Phi) is 6.94. The van der Waals surface area contributed by atoms with Gasteiger partial charge in [0.1, 0.15) is 5.84 Å². The molecule has 6 nitrogen and oxygen atoms in total. The van der Waals surface area contributed by atoms with Crippen molar-refractivity contribution in [2.75, 3.05) is 13.7 Å². The molecule has 0 aromatic carbocycles. The van der Waals surface area contributed by atoms with Gasteiger partial charge in [-0.05, 0) is 31.0 Å². The summed E-state index contributed by atoms with van der Waals surface area (Å²) in [5, 5.41) is 15.2. The summed E-state index contributed by atoms with van der Waals surface area (Å²) >= 11 is 0. The number of oxime groups is 1. The average molecular weight is 294 g/mol. The lowest BCUT2D eigenvalue weighted by Gasteiger charge is -2.22. The SMILES string of the molecule is COc1cc(CNCCCCC(C)(C)/C(N)=N/O)ccn1. The minimum atomic E-state index is -0.257. The number of unbranched alkanes of at least 4 members (excludes halogenated alkanes) is 1. The molecule has 0 aliphatic carbocycles. The highest BCUT2D eigenvalue weighted by molar-refractivity contribution is 5.85. The molecular formula is C15H26N4O2. The molecule has 0 bridgehead atoms. The van der Waals surface area contributed by atoms with Crippen LogP contribution in [0.15, 0.2) is 23.5 Å². The third-order valence-corrected chi connectivity index (χ3v) is 3.54. The zero-order chi connectivity index (χ0) is 15.7. The fourth-order valence-corrected chi connectivity index (χ4v) is 1.99. The van der Waals surface area contributed by atoms with E-state index in [1.807, 2.05) is 26.0 Å². The molecule has 0 saturated heterocycles. The summed E-state index contributed by atoms with van der Waals surface area (Å²) in [5.74, 6) is 0.925. The van der Waals surface area contributed by atoms with Crippen LogP contribution in [0.25, 0.3) is 0 Å². The molecule has 0 unspecified atom stereocenters. The maximum absolute atomic E-state index is 8.72. The lowest BCUT2D eigenvalue weighted by Crippen LogP contribution is -2.32. The monoisotopic (exact) mass is 294 g/mol. The summed E-state index contributed by atoms with van der Waals surface area (Å²) in [6.45, 7) is 5.69. The van der Waals surface area contributed by atoms with Crippen LogP contribution in [0.1, 0.15) is 38.7 Å².